The van der Waals surface area contributed by atoms with E-state index in [2.05, 4.69) is 4.90 Å². The van der Waals surface area contributed by atoms with Gasteiger partial charge in [0.2, 0.25) is 11.8 Å². The molecule has 2 fully saturated rings. The van der Waals surface area contributed by atoms with Crippen LogP contribution in [0.4, 0.5) is 5.69 Å². The summed E-state index contributed by atoms with van der Waals surface area (Å²) in [5, 5.41) is 0.407. The third-order valence-corrected chi connectivity index (χ3v) is 5.33. The Morgan fingerprint density at radius 2 is 1.77 bits per heavy atom. The number of carbonyl (C=O) groups is 2. The van der Waals surface area contributed by atoms with Crippen LogP contribution in [0.25, 0.3) is 0 Å². The van der Waals surface area contributed by atoms with E-state index in [0.29, 0.717) is 41.8 Å². The summed E-state index contributed by atoms with van der Waals surface area (Å²) >= 11 is 6.14. The summed E-state index contributed by atoms with van der Waals surface area (Å²) in [4.78, 5) is 31.1. The smallest absolute Gasteiger partial charge is 0.228 e. The summed E-state index contributed by atoms with van der Waals surface area (Å²) in [6.45, 7) is 3.47. The van der Waals surface area contributed by atoms with Crippen molar-refractivity contribution in [2.75, 3.05) is 58.9 Å². The summed E-state index contributed by atoms with van der Waals surface area (Å²) < 4.78 is 10.6. The Labute approximate surface area is 158 Å². The normalized spacial score (nSPS) is 21.2. The predicted octanol–water partition coefficient (Wildman–Crippen LogP) is 1.48. The fourth-order valence-corrected chi connectivity index (χ4v) is 3.68. The van der Waals surface area contributed by atoms with Gasteiger partial charge < -0.3 is 24.2 Å². The van der Waals surface area contributed by atoms with Crippen molar-refractivity contribution in [2.45, 2.75) is 6.42 Å². The molecule has 1 aromatic rings. The monoisotopic (exact) mass is 381 g/mol. The third-order valence-electron chi connectivity index (χ3n) is 5.03. The number of carbonyl (C=O) groups excluding carboxylic acids is 2. The maximum atomic E-state index is 12.8. The second kappa shape index (κ2) is 7.72. The van der Waals surface area contributed by atoms with Crippen molar-refractivity contribution in [2.24, 2.45) is 5.92 Å². The standard InChI is InChI=1S/C18H24ClN3O4/c1-20-4-6-21(7-5-20)18(24)12-8-17(23)22(11-12)14-10-15(25-2)13(19)9-16(14)26-3/h9-10,12H,4-8,11H2,1-3H3. The number of hydrogen-bond acceptors (Lipinski definition) is 5. The third kappa shape index (κ3) is 3.59. The van der Waals surface area contributed by atoms with Gasteiger partial charge in [-0.05, 0) is 7.05 Å². The molecule has 2 amide bonds. The summed E-state index contributed by atoms with van der Waals surface area (Å²) in [6.07, 6.45) is 0.208. The Morgan fingerprint density at radius 3 is 2.38 bits per heavy atom. The van der Waals surface area contributed by atoms with Crippen LogP contribution in [0.1, 0.15) is 6.42 Å². The zero-order chi connectivity index (χ0) is 18.8. The topological polar surface area (TPSA) is 62.3 Å². The van der Waals surface area contributed by atoms with E-state index < -0.39 is 0 Å². The largest absolute Gasteiger partial charge is 0.495 e. The van der Waals surface area contributed by atoms with Crippen molar-refractivity contribution in [1.29, 1.82) is 0 Å². The van der Waals surface area contributed by atoms with Crippen molar-refractivity contribution in [3.05, 3.63) is 17.2 Å². The molecule has 0 aliphatic carbocycles. The van der Waals surface area contributed by atoms with Crippen molar-refractivity contribution >= 4 is 29.1 Å². The quantitative estimate of drug-likeness (QED) is 0.790. The van der Waals surface area contributed by atoms with E-state index in [4.69, 9.17) is 21.1 Å². The molecule has 0 saturated carbocycles. The van der Waals surface area contributed by atoms with Crippen LogP contribution in [0.15, 0.2) is 12.1 Å². The highest BCUT2D eigenvalue weighted by Crippen LogP contribution is 2.40. The Morgan fingerprint density at radius 1 is 1.12 bits per heavy atom. The number of rotatable bonds is 4. The summed E-state index contributed by atoms with van der Waals surface area (Å²) in [5.41, 5.74) is 0.576. The number of methoxy groups -OCH3 is 2. The van der Waals surface area contributed by atoms with E-state index in [9.17, 15) is 9.59 Å². The fourth-order valence-electron chi connectivity index (χ4n) is 3.45. The number of benzene rings is 1. The zero-order valence-corrected chi connectivity index (χ0v) is 16.1. The number of ether oxygens (including phenoxy) is 2. The van der Waals surface area contributed by atoms with Gasteiger partial charge in [-0.25, -0.2) is 0 Å². The van der Waals surface area contributed by atoms with Gasteiger partial charge in [0.1, 0.15) is 11.5 Å². The van der Waals surface area contributed by atoms with Gasteiger partial charge in [0, 0.05) is 51.3 Å². The molecule has 1 aromatic carbocycles. The van der Waals surface area contributed by atoms with E-state index in [1.165, 1.54) is 14.2 Å². The highest BCUT2D eigenvalue weighted by Gasteiger charge is 2.39. The molecule has 0 bridgehead atoms. The molecule has 142 valence electrons. The lowest BCUT2D eigenvalue weighted by Crippen LogP contribution is -2.49. The lowest BCUT2D eigenvalue weighted by molar-refractivity contribution is -0.137. The van der Waals surface area contributed by atoms with Gasteiger partial charge in [-0.15, -0.1) is 0 Å². The minimum Gasteiger partial charge on any atom is -0.495 e. The molecule has 3 rings (SSSR count). The molecule has 0 N–H and O–H groups in total. The number of halogens is 1. The molecule has 2 heterocycles. The molecular formula is C18H24ClN3O4. The van der Waals surface area contributed by atoms with E-state index >= 15 is 0 Å². The molecule has 2 aliphatic rings. The van der Waals surface area contributed by atoms with E-state index in [1.807, 2.05) is 11.9 Å². The van der Waals surface area contributed by atoms with Crippen LogP contribution in [0, 0.1) is 5.92 Å². The first-order valence-corrected chi connectivity index (χ1v) is 9.01. The summed E-state index contributed by atoms with van der Waals surface area (Å²) in [5.74, 6) is 0.562. The number of nitrogens with zero attached hydrogens (tertiary/aromatic N) is 3. The Balaban J connectivity index is 1.79. The number of anilines is 1. The van der Waals surface area contributed by atoms with Gasteiger partial charge in [-0.3, -0.25) is 9.59 Å². The van der Waals surface area contributed by atoms with Crippen LogP contribution < -0.4 is 14.4 Å². The van der Waals surface area contributed by atoms with Crippen LogP contribution >= 0.6 is 11.6 Å². The summed E-state index contributed by atoms with van der Waals surface area (Å²) in [7, 11) is 5.08. The van der Waals surface area contributed by atoms with Gasteiger partial charge in [0.05, 0.1) is 30.8 Å². The number of amides is 2. The maximum Gasteiger partial charge on any atom is 0.228 e. The van der Waals surface area contributed by atoms with Crippen LogP contribution in [0.3, 0.4) is 0 Å². The van der Waals surface area contributed by atoms with Crippen LogP contribution in [-0.2, 0) is 9.59 Å². The molecule has 7 nitrogen and oxygen atoms in total. The molecule has 1 atom stereocenters. The average Bonchev–Trinajstić information content (AvgIpc) is 3.03. The molecule has 0 radical (unpaired) electrons. The lowest BCUT2D eigenvalue weighted by Gasteiger charge is -2.33. The minimum absolute atomic E-state index is 0.0499. The maximum absolute atomic E-state index is 12.8. The fraction of sp³-hybridized carbons (Fsp3) is 0.556. The molecule has 2 saturated heterocycles. The van der Waals surface area contributed by atoms with Gasteiger partial charge in [-0.2, -0.15) is 0 Å². The van der Waals surface area contributed by atoms with Crippen molar-refractivity contribution in [3.8, 4) is 11.5 Å². The van der Waals surface area contributed by atoms with E-state index in [-0.39, 0.29) is 24.2 Å². The zero-order valence-electron chi connectivity index (χ0n) is 15.3. The van der Waals surface area contributed by atoms with E-state index in [1.54, 1.807) is 17.0 Å². The second-order valence-electron chi connectivity index (χ2n) is 6.69. The molecule has 2 aliphatic heterocycles. The number of likely N-dealkylation sites (N-methyl/N-ethyl adjacent to an activating group) is 1. The SMILES string of the molecule is COc1cc(N2CC(C(=O)N3CCN(C)CC3)CC2=O)c(OC)cc1Cl. The Kier molecular flexibility index (Phi) is 5.58. The van der Waals surface area contributed by atoms with Gasteiger partial charge in [0.15, 0.2) is 0 Å². The highest BCUT2D eigenvalue weighted by molar-refractivity contribution is 6.32. The van der Waals surface area contributed by atoms with Crippen molar-refractivity contribution in [3.63, 3.8) is 0 Å². The van der Waals surface area contributed by atoms with Crippen LogP contribution in [-0.4, -0.2) is 75.6 Å². The first-order valence-electron chi connectivity index (χ1n) is 8.63. The van der Waals surface area contributed by atoms with Gasteiger partial charge in [0.25, 0.3) is 0 Å². The van der Waals surface area contributed by atoms with Crippen LogP contribution in [0.5, 0.6) is 11.5 Å². The predicted molar refractivity (Wildman–Crippen MR) is 99.1 cm³/mol. The highest BCUT2D eigenvalue weighted by atomic mass is 35.5. The Bertz CT molecular complexity index is 704. The first-order chi connectivity index (χ1) is 12.4. The van der Waals surface area contributed by atoms with Gasteiger partial charge in [-0.1, -0.05) is 11.6 Å². The first kappa shape index (κ1) is 18.8. The average molecular weight is 382 g/mol. The Hall–Kier alpha value is -1.99. The van der Waals surface area contributed by atoms with Crippen molar-refractivity contribution in [1.82, 2.24) is 9.80 Å². The number of piperazine rings is 1. The lowest BCUT2D eigenvalue weighted by atomic mass is 10.1. The number of hydrogen-bond donors (Lipinski definition) is 0. The van der Waals surface area contributed by atoms with Crippen molar-refractivity contribution < 1.29 is 19.1 Å². The van der Waals surface area contributed by atoms with Gasteiger partial charge >= 0.3 is 0 Å². The summed E-state index contributed by atoms with van der Waals surface area (Å²) in [6, 6.07) is 3.31. The van der Waals surface area contributed by atoms with E-state index in [0.717, 1.165) is 13.1 Å². The molecular weight excluding hydrogens is 358 g/mol. The second-order valence-corrected chi connectivity index (χ2v) is 7.10. The molecule has 0 aromatic heterocycles. The molecule has 0 spiro atoms. The molecule has 1 unspecified atom stereocenters. The molecule has 26 heavy (non-hydrogen) atoms. The van der Waals surface area contributed by atoms with Crippen LogP contribution in [0.2, 0.25) is 5.02 Å². The molecule has 8 heteroatoms. The minimum atomic E-state index is -0.336.